The quantitative estimate of drug-likeness (QED) is 0.573. The molecule has 1 fully saturated rings. The number of likely N-dealkylation sites (tertiary alicyclic amines) is 1. The molecule has 2 amide bonds. The number of benzene rings is 1. The number of hydrogen-bond acceptors (Lipinski definition) is 4. The SMILES string of the molecule is CCCCCN1C(=O)C(c2ccc(Cl)cc2)=C(N2CCCC(CO)C2)C1=O. The van der Waals surface area contributed by atoms with Crippen molar-refractivity contribution in [3.63, 3.8) is 0 Å². The summed E-state index contributed by atoms with van der Waals surface area (Å²) in [6, 6.07) is 7.08. The number of aliphatic hydroxyl groups is 1. The summed E-state index contributed by atoms with van der Waals surface area (Å²) in [5.74, 6) is -0.297. The zero-order valence-corrected chi connectivity index (χ0v) is 16.5. The predicted molar refractivity (Wildman–Crippen MR) is 106 cm³/mol. The molecule has 0 radical (unpaired) electrons. The third-order valence-corrected chi connectivity index (χ3v) is 5.61. The molecule has 1 unspecified atom stereocenters. The van der Waals surface area contributed by atoms with Crippen molar-refractivity contribution in [2.45, 2.75) is 39.0 Å². The molecular formula is C21H27ClN2O3. The smallest absolute Gasteiger partial charge is 0.277 e. The lowest BCUT2D eigenvalue weighted by molar-refractivity contribution is -0.137. The van der Waals surface area contributed by atoms with E-state index in [4.69, 9.17) is 11.6 Å². The van der Waals surface area contributed by atoms with Gasteiger partial charge in [0.1, 0.15) is 5.70 Å². The van der Waals surface area contributed by atoms with Gasteiger partial charge in [-0.25, -0.2) is 0 Å². The van der Waals surface area contributed by atoms with Crippen LogP contribution in [0.1, 0.15) is 44.6 Å². The van der Waals surface area contributed by atoms with E-state index in [1.54, 1.807) is 24.3 Å². The van der Waals surface area contributed by atoms with Crippen LogP contribution in [0.4, 0.5) is 0 Å². The standard InChI is InChI=1S/C21H27ClN2O3/c1-2-3-4-12-24-20(26)18(16-7-9-17(22)10-8-16)19(21(24)27)23-11-5-6-15(13-23)14-25/h7-10,15,25H,2-6,11-14H2,1H3. The topological polar surface area (TPSA) is 60.9 Å². The maximum absolute atomic E-state index is 13.2. The Hall–Kier alpha value is -1.85. The molecule has 3 rings (SSSR count). The largest absolute Gasteiger partial charge is 0.396 e. The van der Waals surface area contributed by atoms with Gasteiger partial charge in [-0.1, -0.05) is 43.5 Å². The van der Waals surface area contributed by atoms with Gasteiger partial charge in [-0.15, -0.1) is 0 Å². The van der Waals surface area contributed by atoms with E-state index in [0.717, 1.165) is 44.2 Å². The van der Waals surface area contributed by atoms with Crippen LogP contribution in [0.5, 0.6) is 0 Å². The first-order chi connectivity index (χ1) is 13.1. The van der Waals surface area contributed by atoms with Gasteiger partial charge in [0.15, 0.2) is 0 Å². The number of rotatable bonds is 7. The van der Waals surface area contributed by atoms with E-state index < -0.39 is 0 Å². The lowest BCUT2D eigenvalue weighted by Gasteiger charge is -2.34. The van der Waals surface area contributed by atoms with Gasteiger partial charge >= 0.3 is 0 Å². The Morgan fingerprint density at radius 3 is 2.56 bits per heavy atom. The highest BCUT2D eigenvalue weighted by molar-refractivity contribution is 6.36. The van der Waals surface area contributed by atoms with Crippen LogP contribution in [0.15, 0.2) is 30.0 Å². The molecule has 6 heteroatoms. The Morgan fingerprint density at radius 2 is 1.89 bits per heavy atom. The molecule has 2 heterocycles. The second kappa shape index (κ2) is 8.89. The maximum atomic E-state index is 13.2. The summed E-state index contributed by atoms with van der Waals surface area (Å²) in [4.78, 5) is 29.7. The molecule has 1 aromatic carbocycles. The third kappa shape index (κ3) is 4.19. The first kappa shape index (κ1) is 19.9. The molecular weight excluding hydrogens is 364 g/mol. The fourth-order valence-corrected chi connectivity index (χ4v) is 4.00. The average Bonchev–Trinajstić information content (AvgIpc) is 2.93. The van der Waals surface area contributed by atoms with Crippen LogP contribution in [0, 0.1) is 5.92 Å². The van der Waals surface area contributed by atoms with E-state index in [1.165, 1.54) is 4.90 Å². The Kier molecular flexibility index (Phi) is 6.55. The average molecular weight is 391 g/mol. The molecule has 1 aromatic rings. The molecule has 146 valence electrons. The minimum Gasteiger partial charge on any atom is -0.396 e. The molecule has 0 aliphatic carbocycles. The third-order valence-electron chi connectivity index (χ3n) is 5.36. The van der Waals surface area contributed by atoms with E-state index >= 15 is 0 Å². The molecule has 0 bridgehead atoms. The second-order valence-electron chi connectivity index (χ2n) is 7.34. The second-order valence-corrected chi connectivity index (χ2v) is 7.77. The van der Waals surface area contributed by atoms with Gasteiger partial charge in [0.2, 0.25) is 0 Å². The summed E-state index contributed by atoms with van der Waals surface area (Å²) in [6.45, 7) is 3.97. The molecule has 27 heavy (non-hydrogen) atoms. The lowest BCUT2D eigenvalue weighted by Crippen LogP contribution is -2.40. The number of imide groups is 1. The Balaban J connectivity index is 1.97. The Bertz CT molecular complexity index is 729. The van der Waals surface area contributed by atoms with Crippen LogP contribution in [0.25, 0.3) is 5.57 Å². The predicted octanol–water partition coefficient (Wildman–Crippen LogP) is 3.31. The number of halogens is 1. The highest BCUT2D eigenvalue weighted by atomic mass is 35.5. The van der Waals surface area contributed by atoms with Crippen molar-refractivity contribution < 1.29 is 14.7 Å². The monoisotopic (exact) mass is 390 g/mol. The summed E-state index contributed by atoms with van der Waals surface area (Å²) < 4.78 is 0. The Morgan fingerprint density at radius 1 is 1.15 bits per heavy atom. The van der Waals surface area contributed by atoms with Crippen LogP contribution in [0.2, 0.25) is 5.02 Å². The Labute approximate surface area is 165 Å². The van der Waals surface area contributed by atoms with Gasteiger partial charge in [-0.05, 0) is 42.9 Å². The molecule has 0 spiro atoms. The van der Waals surface area contributed by atoms with Crippen LogP contribution < -0.4 is 0 Å². The van der Waals surface area contributed by atoms with Crippen molar-refractivity contribution >= 4 is 29.0 Å². The van der Waals surface area contributed by atoms with E-state index in [-0.39, 0.29) is 24.3 Å². The summed E-state index contributed by atoms with van der Waals surface area (Å²) in [7, 11) is 0. The van der Waals surface area contributed by atoms with Gasteiger partial charge in [-0.3, -0.25) is 14.5 Å². The summed E-state index contributed by atoms with van der Waals surface area (Å²) in [6.07, 6.45) is 4.68. The van der Waals surface area contributed by atoms with Crippen molar-refractivity contribution in [1.82, 2.24) is 9.80 Å². The zero-order chi connectivity index (χ0) is 19.4. The van der Waals surface area contributed by atoms with E-state index in [0.29, 0.717) is 29.4 Å². The molecule has 0 saturated carbocycles. The number of nitrogens with zero attached hydrogens (tertiary/aromatic N) is 2. The number of carbonyl (C=O) groups excluding carboxylic acids is 2. The zero-order valence-electron chi connectivity index (χ0n) is 15.8. The fraction of sp³-hybridized carbons (Fsp3) is 0.524. The van der Waals surface area contributed by atoms with Gasteiger partial charge in [0, 0.05) is 31.3 Å². The normalized spacial score (nSPS) is 20.8. The summed E-state index contributed by atoms with van der Waals surface area (Å²) in [5, 5.41) is 10.2. The van der Waals surface area contributed by atoms with Gasteiger partial charge < -0.3 is 10.0 Å². The van der Waals surface area contributed by atoms with Crippen molar-refractivity contribution in [2.75, 3.05) is 26.2 Å². The van der Waals surface area contributed by atoms with Crippen molar-refractivity contribution in [2.24, 2.45) is 5.92 Å². The molecule has 1 saturated heterocycles. The van der Waals surface area contributed by atoms with Crippen LogP contribution in [-0.2, 0) is 9.59 Å². The van der Waals surface area contributed by atoms with Crippen LogP contribution >= 0.6 is 11.6 Å². The number of piperidine rings is 1. The van der Waals surface area contributed by atoms with E-state index in [2.05, 4.69) is 6.92 Å². The molecule has 0 aromatic heterocycles. The lowest BCUT2D eigenvalue weighted by atomic mass is 9.97. The highest BCUT2D eigenvalue weighted by Crippen LogP contribution is 2.34. The maximum Gasteiger partial charge on any atom is 0.277 e. The molecule has 1 atom stereocenters. The molecule has 1 N–H and O–H groups in total. The molecule has 5 nitrogen and oxygen atoms in total. The summed E-state index contributed by atoms with van der Waals surface area (Å²) >= 11 is 6.00. The number of unbranched alkanes of at least 4 members (excludes halogenated alkanes) is 2. The number of amides is 2. The van der Waals surface area contributed by atoms with E-state index in [9.17, 15) is 14.7 Å². The molecule has 2 aliphatic heterocycles. The first-order valence-electron chi connectivity index (χ1n) is 9.79. The number of carbonyl (C=O) groups is 2. The summed E-state index contributed by atoms with van der Waals surface area (Å²) in [5.41, 5.74) is 1.67. The van der Waals surface area contributed by atoms with E-state index in [1.807, 2.05) is 4.90 Å². The van der Waals surface area contributed by atoms with Crippen molar-refractivity contribution in [3.05, 3.63) is 40.5 Å². The minimum atomic E-state index is -0.223. The van der Waals surface area contributed by atoms with Crippen LogP contribution in [-0.4, -0.2) is 53.0 Å². The van der Waals surface area contributed by atoms with Crippen molar-refractivity contribution in [3.8, 4) is 0 Å². The minimum absolute atomic E-state index is 0.0996. The first-order valence-corrected chi connectivity index (χ1v) is 10.2. The van der Waals surface area contributed by atoms with Gasteiger partial charge in [-0.2, -0.15) is 0 Å². The molecule has 2 aliphatic rings. The van der Waals surface area contributed by atoms with Gasteiger partial charge in [0.25, 0.3) is 11.8 Å². The van der Waals surface area contributed by atoms with Crippen LogP contribution in [0.3, 0.4) is 0 Å². The highest BCUT2D eigenvalue weighted by Gasteiger charge is 2.42. The fourth-order valence-electron chi connectivity index (χ4n) is 3.87. The van der Waals surface area contributed by atoms with Crippen molar-refractivity contribution in [1.29, 1.82) is 0 Å². The number of aliphatic hydroxyl groups excluding tert-OH is 1. The van der Waals surface area contributed by atoms with Gasteiger partial charge in [0.05, 0.1) is 5.57 Å². The number of hydrogen-bond donors (Lipinski definition) is 1.